The molecule has 6 heteroatoms. The van der Waals surface area contributed by atoms with Gasteiger partial charge in [0.1, 0.15) is 13.2 Å². The smallest absolute Gasteiger partial charge is 0.306 e. The molecule has 6 nitrogen and oxygen atoms in total. The van der Waals surface area contributed by atoms with Crippen LogP contribution >= 0.6 is 0 Å². The number of hydrogen-bond acceptors (Lipinski definition) is 6. The van der Waals surface area contributed by atoms with E-state index in [1.807, 2.05) is 0 Å². The number of rotatable bonds is 60. The molecule has 0 aromatic heterocycles. The summed E-state index contributed by atoms with van der Waals surface area (Å²) in [6.45, 7) is 6.60. The highest BCUT2D eigenvalue weighted by molar-refractivity contribution is 5.71. The van der Waals surface area contributed by atoms with E-state index in [0.717, 1.165) is 83.5 Å². The van der Waals surface area contributed by atoms with Crippen LogP contribution in [-0.4, -0.2) is 37.2 Å². The lowest BCUT2D eigenvalue weighted by molar-refractivity contribution is -0.167. The van der Waals surface area contributed by atoms with Gasteiger partial charge in [-0.2, -0.15) is 0 Å². The summed E-state index contributed by atoms with van der Waals surface area (Å²) < 4.78 is 16.8. The Morgan fingerprint density at radius 3 is 0.795 bits per heavy atom. The number of ether oxygens (including phenoxy) is 3. The Kier molecular flexibility index (Phi) is 60.2. The molecule has 0 amide bonds. The molecule has 0 rings (SSSR count). The molecule has 0 heterocycles. The molecule has 0 radical (unpaired) electrons. The second-order valence-electron chi connectivity index (χ2n) is 22.0. The molecule has 0 saturated heterocycles. The van der Waals surface area contributed by atoms with Crippen molar-refractivity contribution in [1.29, 1.82) is 0 Å². The summed E-state index contributed by atoms with van der Waals surface area (Å²) in [5, 5.41) is 0. The number of carbonyl (C=O) groups is 3. The summed E-state index contributed by atoms with van der Waals surface area (Å²) >= 11 is 0. The molecule has 1 unspecified atom stereocenters. The summed E-state index contributed by atoms with van der Waals surface area (Å²) in [7, 11) is 0. The van der Waals surface area contributed by atoms with Gasteiger partial charge in [0.2, 0.25) is 0 Å². The average Bonchev–Trinajstić information content (AvgIpc) is 3.39. The number of allylic oxidation sites excluding steroid dienone is 6. The molecular formula is C67H124O6. The van der Waals surface area contributed by atoms with Crippen molar-refractivity contribution in [3.05, 3.63) is 36.5 Å². The summed E-state index contributed by atoms with van der Waals surface area (Å²) in [5.41, 5.74) is 0. The molecule has 0 aliphatic carbocycles. The molecule has 428 valence electrons. The van der Waals surface area contributed by atoms with E-state index < -0.39 is 6.10 Å². The van der Waals surface area contributed by atoms with E-state index in [1.54, 1.807) is 0 Å². The van der Waals surface area contributed by atoms with Crippen molar-refractivity contribution in [3.63, 3.8) is 0 Å². The Hall–Kier alpha value is -2.37. The highest BCUT2D eigenvalue weighted by Crippen LogP contribution is 2.18. The molecule has 0 aromatic rings. The fourth-order valence-corrected chi connectivity index (χ4v) is 9.71. The van der Waals surface area contributed by atoms with Crippen LogP contribution < -0.4 is 0 Å². The van der Waals surface area contributed by atoms with Crippen LogP contribution in [0.25, 0.3) is 0 Å². The fourth-order valence-electron chi connectivity index (χ4n) is 9.71. The van der Waals surface area contributed by atoms with Crippen LogP contribution in [0.2, 0.25) is 0 Å². The van der Waals surface area contributed by atoms with Crippen molar-refractivity contribution < 1.29 is 28.6 Å². The Morgan fingerprint density at radius 2 is 0.493 bits per heavy atom. The first-order valence-corrected chi connectivity index (χ1v) is 32.5. The molecule has 0 aromatic carbocycles. The molecule has 73 heavy (non-hydrogen) atoms. The third-order valence-corrected chi connectivity index (χ3v) is 14.6. The lowest BCUT2D eigenvalue weighted by atomic mass is 10.0. The zero-order valence-corrected chi connectivity index (χ0v) is 49.2. The summed E-state index contributed by atoms with van der Waals surface area (Å²) in [5.74, 6) is -0.876. The maximum absolute atomic E-state index is 12.8. The van der Waals surface area contributed by atoms with Gasteiger partial charge >= 0.3 is 17.9 Å². The highest BCUT2D eigenvalue weighted by atomic mass is 16.6. The maximum atomic E-state index is 12.8. The van der Waals surface area contributed by atoms with E-state index in [2.05, 4.69) is 57.2 Å². The third-order valence-electron chi connectivity index (χ3n) is 14.6. The highest BCUT2D eigenvalue weighted by Gasteiger charge is 2.19. The molecule has 0 bridgehead atoms. The predicted octanol–water partition coefficient (Wildman–Crippen LogP) is 22.0. The van der Waals surface area contributed by atoms with Gasteiger partial charge in [0.25, 0.3) is 0 Å². The molecule has 0 spiro atoms. The zero-order chi connectivity index (χ0) is 52.9. The maximum Gasteiger partial charge on any atom is 0.306 e. The van der Waals surface area contributed by atoms with E-state index in [0.29, 0.717) is 19.3 Å². The van der Waals surface area contributed by atoms with E-state index >= 15 is 0 Å². The normalized spacial score (nSPS) is 12.2. The van der Waals surface area contributed by atoms with Crippen LogP contribution in [0.3, 0.4) is 0 Å². The average molecular weight is 1030 g/mol. The molecule has 1 atom stereocenters. The Labute approximate surface area is 455 Å². The van der Waals surface area contributed by atoms with Gasteiger partial charge < -0.3 is 14.2 Å². The Bertz CT molecular complexity index is 1220. The first-order valence-electron chi connectivity index (χ1n) is 32.5. The van der Waals surface area contributed by atoms with Crippen molar-refractivity contribution >= 4 is 17.9 Å². The molecule has 0 aliphatic heterocycles. The van der Waals surface area contributed by atoms with Gasteiger partial charge in [0.15, 0.2) is 6.10 Å². The molecule has 0 fully saturated rings. The lowest BCUT2D eigenvalue weighted by Gasteiger charge is -2.18. The second kappa shape index (κ2) is 62.2. The summed E-state index contributed by atoms with van der Waals surface area (Å²) in [6, 6.07) is 0. The zero-order valence-electron chi connectivity index (χ0n) is 49.2. The van der Waals surface area contributed by atoms with Crippen LogP contribution in [0.5, 0.6) is 0 Å². The minimum atomic E-state index is -0.774. The number of esters is 3. The van der Waals surface area contributed by atoms with Crippen LogP contribution in [0.1, 0.15) is 355 Å². The van der Waals surface area contributed by atoms with Crippen LogP contribution in [-0.2, 0) is 28.6 Å². The monoisotopic (exact) mass is 1020 g/mol. The van der Waals surface area contributed by atoms with Crippen molar-refractivity contribution in [3.8, 4) is 0 Å². The lowest BCUT2D eigenvalue weighted by Crippen LogP contribution is -2.30. The minimum absolute atomic E-state index is 0.0736. The van der Waals surface area contributed by atoms with E-state index in [4.69, 9.17) is 14.2 Å². The minimum Gasteiger partial charge on any atom is -0.462 e. The SMILES string of the molecule is CCCCC/C=C\C/C=C\CCCCCCCC(=O)OC(COC(=O)CCCCCCCCC)COC(=O)CCCCCCCCCCCCCCCCCCCCCCC/C=C\CCCCCCCCCC. The topological polar surface area (TPSA) is 78.9 Å². The summed E-state index contributed by atoms with van der Waals surface area (Å²) in [4.78, 5) is 38.0. The van der Waals surface area contributed by atoms with E-state index in [9.17, 15) is 14.4 Å². The summed E-state index contributed by atoms with van der Waals surface area (Å²) in [6.07, 6.45) is 76.3. The molecular weight excluding hydrogens is 901 g/mol. The standard InChI is InChI=1S/C67H124O6/c1-4-7-10-13-16-18-20-22-24-25-26-27-28-29-30-31-32-33-34-35-36-37-38-39-40-41-43-44-46-48-51-54-57-60-66(69)72-63-64(62-71-65(68)59-56-53-50-15-12-9-6-3)73-67(70)61-58-55-52-49-47-45-42-23-21-19-17-14-11-8-5-2/h17,19,23,25-26,42,64H,4-16,18,20-22,24,27-41,43-63H2,1-3H3/b19-17-,26-25-,42-23-. The van der Waals surface area contributed by atoms with Gasteiger partial charge in [0, 0.05) is 19.3 Å². The Morgan fingerprint density at radius 1 is 0.274 bits per heavy atom. The van der Waals surface area contributed by atoms with Crippen molar-refractivity contribution in [2.45, 2.75) is 361 Å². The Balaban J connectivity index is 3.95. The second-order valence-corrected chi connectivity index (χ2v) is 22.0. The molecule has 0 saturated carbocycles. The van der Waals surface area contributed by atoms with Gasteiger partial charge in [-0.15, -0.1) is 0 Å². The molecule has 0 aliphatic rings. The predicted molar refractivity (Wildman–Crippen MR) is 316 cm³/mol. The first kappa shape index (κ1) is 70.6. The quantitative estimate of drug-likeness (QED) is 0.0261. The number of carbonyl (C=O) groups excluding carboxylic acids is 3. The van der Waals surface area contributed by atoms with Crippen molar-refractivity contribution in [1.82, 2.24) is 0 Å². The van der Waals surface area contributed by atoms with Crippen LogP contribution in [0.15, 0.2) is 36.5 Å². The fraction of sp³-hybridized carbons (Fsp3) is 0.866. The first-order chi connectivity index (χ1) is 36.0. The van der Waals surface area contributed by atoms with E-state index in [1.165, 1.54) is 231 Å². The van der Waals surface area contributed by atoms with Crippen molar-refractivity contribution in [2.24, 2.45) is 0 Å². The van der Waals surface area contributed by atoms with Crippen molar-refractivity contribution in [2.75, 3.05) is 13.2 Å². The molecule has 0 N–H and O–H groups in total. The van der Waals surface area contributed by atoms with Gasteiger partial charge in [0.05, 0.1) is 0 Å². The number of unbranched alkanes of at least 4 members (excludes halogenated alkanes) is 43. The third kappa shape index (κ3) is 60.4. The van der Waals surface area contributed by atoms with Gasteiger partial charge in [-0.3, -0.25) is 14.4 Å². The van der Waals surface area contributed by atoms with E-state index in [-0.39, 0.29) is 31.1 Å². The largest absolute Gasteiger partial charge is 0.462 e. The van der Waals surface area contributed by atoms with Gasteiger partial charge in [-0.25, -0.2) is 0 Å². The number of hydrogen-bond donors (Lipinski definition) is 0. The van der Waals surface area contributed by atoms with Gasteiger partial charge in [-0.1, -0.05) is 295 Å². The van der Waals surface area contributed by atoms with Crippen LogP contribution in [0, 0.1) is 0 Å². The van der Waals surface area contributed by atoms with Gasteiger partial charge in [-0.05, 0) is 77.0 Å². The van der Waals surface area contributed by atoms with Crippen LogP contribution in [0.4, 0.5) is 0 Å².